The smallest absolute Gasteiger partial charge is 0.241 e. The molecule has 1 aliphatic rings. The molecule has 1 aromatic rings. The van der Waals surface area contributed by atoms with E-state index in [9.17, 15) is 8.42 Å². The Hall–Kier alpha value is -0.910. The summed E-state index contributed by atoms with van der Waals surface area (Å²) < 4.78 is 28.3. The summed E-state index contributed by atoms with van der Waals surface area (Å²) in [5.41, 5.74) is 5.06. The minimum Gasteiger partial charge on any atom is -0.314 e. The van der Waals surface area contributed by atoms with Crippen LogP contribution in [0.1, 0.15) is 47.1 Å². The minimum absolute atomic E-state index is 0.450. The maximum absolute atomic E-state index is 12.7. The van der Waals surface area contributed by atoms with Crippen LogP contribution in [0.4, 0.5) is 0 Å². The number of hydrogen-bond acceptors (Lipinski definition) is 3. The second kappa shape index (κ2) is 6.69. The molecule has 22 heavy (non-hydrogen) atoms. The van der Waals surface area contributed by atoms with E-state index in [1.54, 1.807) is 0 Å². The quantitative estimate of drug-likeness (QED) is 0.875. The maximum Gasteiger partial charge on any atom is 0.241 e. The van der Waals surface area contributed by atoms with Crippen molar-refractivity contribution in [3.63, 3.8) is 0 Å². The van der Waals surface area contributed by atoms with Gasteiger partial charge in [0.15, 0.2) is 0 Å². The molecule has 124 valence electrons. The Morgan fingerprint density at radius 1 is 1.00 bits per heavy atom. The summed E-state index contributed by atoms with van der Waals surface area (Å²) in [6.07, 6.45) is 3.18. The zero-order valence-electron chi connectivity index (χ0n) is 14.3. The van der Waals surface area contributed by atoms with Gasteiger partial charge in [-0.25, -0.2) is 13.1 Å². The highest BCUT2D eigenvalue weighted by Crippen LogP contribution is 2.29. The van der Waals surface area contributed by atoms with Crippen LogP contribution in [0, 0.1) is 34.6 Å². The van der Waals surface area contributed by atoms with Crippen molar-refractivity contribution in [2.75, 3.05) is 13.1 Å². The SMILES string of the molecule is Cc1c(C)c(C)c(S(=O)(=O)NCC[C@H]2CCCN2)c(C)c1C. The van der Waals surface area contributed by atoms with E-state index in [2.05, 4.69) is 17.0 Å². The van der Waals surface area contributed by atoms with Crippen LogP contribution in [0.25, 0.3) is 0 Å². The van der Waals surface area contributed by atoms with Gasteiger partial charge in [-0.2, -0.15) is 0 Å². The van der Waals surface area contributed by atoms with Gasteiger partial charge < -0.3 is 5.32 Å². The zero-order valence-corrected chi connectivity index (χ0v) is 15.2. The fraction of sp³-hybridized carbons (Fsp3) is 0.647. The summed E-state index contributed by atoms with van der Waals surface area (Å²) in [5, 5.41) is 3.40. The van der Waals surface area contributed by atoms with E-state index in [4.69, 9.17) is 0 Å². The summed E-state index contributed by atoms with van der Waals surface area (Å²) in [5.74, 6) is 0. The molecular formula is C17H28N2O2S. The van der Waals surface area contributed by atoms with E-state index in [0.29, 0.717) is 17.5 Å². The lowest BCUT2D eigenvalue weighted by Crippen LogP contribution is -2.31. The number of sulfonamides is 1. The maximum atomic E-state index is 12.7. The van der Waals surface area contributed by atoms with E-state index in [1.165, 1.54) is 12.0 Å². The predicted molar refractivity (Wildman–Crippen MR) is 91.0 cm³/mol. The van der Waals surface area contributed by atoms with E-state index < -0.39 is 10.0 Å². The van der Waals surface area contributed by atoms with Crippen molar-refractivity contribution >= 4 is 10.0 Å². The van der Waals surface area contributed by atoms with E-state index in [-0.39, 0.29) is 0 Å². The van der Waals surface area contributed by atoms with Crippen LogP contribution in [0.2, 0.25) is 0 Å². The van der Waals surface area contributed by atoms with Crippen molar-refractivity contribution in [1.29, 1.82) is 0 Å². The number of benzene rings is 1. The van der Waals surface area contributed by atoms with Crippen LogP contribution in [0.5, 0.6) is 0 Å². The Labute approximate surface area is 134 Å². The lowest BCUT2D eigenvalue weighted by molar-refractivity contribution is 0.539. The molecule has 1 aromatic carbocycles. The molecule has 1 saturated heterocycles. The van der Waals surface area contributed by atoms with Gasteiger partial charge in [0.1, 0.15) is 0 Å². The van der Waals surface area contributed by atoms with Crippen molar-refractivity contribution < 1.29 is 8.42 Å². The van der Waals surface area contributed by atoms with Gasteiger partial charge in [-0.3, -0.25) is 0 Å². The standard InChI is InChI=1S/C17H28N2O2S/c1-11-12(2)14(4)17(15(5)13(11)3)22(20,21)19-10-8-16-7-6-9-18-16/h16,18-19H,6-10H2,1-5H3/t16-/m1/s1. The molecule has 1 heterocycles. The molecule has 0 amide bonds. The van der Waals surface area contributed by atoms with Gasteiger partial charge >= 0.3 is 0 Å². The molecule has 1 fully saturated rings. The van der Waals surface area contributed by atoms with Crippen molar-refractivity contribution in [3.05, 3.63) is 27.8 Å². The molecule has 0 spiro atoms. The Morgan fingerprint density at radius 2 is 1.55 bits per heavy atom. The molecule has 0 aromatic heterocycles. The molecule has 2 rings (SSSR count). The summed E-state index contributed by atoms with van der Waals surface area (Å²) >= 11 is 0. The van der Waals surface area contributed by atoms with Crippen LogP contribution in [0.15, 0.2) is 4.90 Å². The van der Waals surface area contributed by atoms with Crippen LogP contribution in [-0.4, -0.2) is 27.5 Å². The Bertz CT molecular complexity index is 631. The minimum atomic E-state index is -3.45. The Kier molecular flexibility index (Phi) is 5.30. The first-order valence-electron chi connectivity index (χ1n) is 8.05. The first-order valence-corrected chi connectivity index (χ1v) is 9.54. The normalized spacial score (nSPS) is 18.9. The van der Waals surface area contributed by atoms with Crippen molar-refractivity contribution in [2.45, 2.75) is 64.8 Å². The van der Waals surface area contributed by atoms with Gasteiger partial charge in [0, 0.05) is 12.6 Å². The van der Waals surface area contributed by atoms with Crippen LogP contribution in [0.3, 0.4) is 0 Å². The van der Waals surface area contributed by atoms with Crippen LogP contribution >= 0.6 is 0 Å². The van der Waals surface area contributed by atoms with Crippen molar-refractivity contribution in [3.8, 4) is 0 Å². The molecule has 1 aliphatic heterocycles. The van der Waals surface area contributed by atoms with E-state index in [1.807, 2.05) is 27.7 Å². The fourth-order valence-corrected chi connectivity index (χ4v) is 4.95. The average molecular weight is 324 g/mol. The second-order valence-corrected chi connectivity index (χ2v) is 8.14. The number of hydrogen-bond donors (Lipinski definition) is 2. The van der Waals surface area contributed by atoms with Gasteiger partial charge in [0.25, 0.3) is 0 Å². The summed E-state index contributed by atoms with van der Waals surface area (Å²) in [4.78, 5) is 0.465. The first kappa shape index (κ1) is 17.4. The lowest BCUT2D eigenvalue weighted by Gasteiger charge is -2.19. The summed E-state index contributed by atoms with van der Waals surface area (Å²) in [7, 11) is -3.45. The topological polar surface area (TPSA) is 58.2 Å². The van der Waals surface area contributed by atoms with Gasteiger partial charge in [-0.15, -0.1) is 0 Å². The molecule has 0 bridgehead atoms. The van der Waals surface area contributed by atoms with Gasteiger partial charge in [-0.1, -0.05) is 0 Å². The highest BCUT2D eigenvalue weighted by Gasteiger charge is 2.24. The molecule has 0 radical (unpaired) electrons. The second-order valence-electron chi connectivity index (χ2n) is 6.43. The van der Waals surface area contributed by atoms with Gasteiger partial charge in [-0.05, 0) is 88.2 Å². The molecule has 2 N–H and O–H groups in total. The largest absolute Gasteiger partial charge is 0.314 e. The molecule has 0 unspecified atom stereocenters. The third-order valence-electron chi connectivity index (χ3n) is 5.15. The molecule has 0 aliphatic carbocycles. The molecule has 5 heteroatoms. The van der Waals surface area contributed by atoms with Gasteiger partial charge in [0.05, 0.1) is 4.90 Å². The summed E-state index contributed by atoms with van der Waals surface area (Å²) in [6, 6.07) is 0.450. The molecule has 1 atom stereocenters. The third-order valence-corrected chi connectivity index (χ3v) is 6.88. The number of nitrogens with one attached hydrogen (secondary N) is 2. The third kappa shape index (κ3) is 3.36. The Morgan fingerprint density at radius 3 is 2.05 bits per heavy atom. The molecular weight excluding hydrogens is 296 g/mol. The highest BCUT2D eigenvalue weighted by atomic mass is 32.2. The zero-order chi connectivity index (χ0) is 16.5. The van der Waals surface area contributed by atoms with Crippen molar-refractivity contribution in [2.24, 2.45) is 0 Å². The molecule has 0 saturated carbocycles. The van der Waals surface area contributed by atoms with E-state index in [0.717, 1.165) is 41.6 Å². The predicted octanol–water partition coefficient (Wildman–Crippen LogP) is 2.65. The monoisotopic (exact) mass is 324 g/mol. The molecule has 4 nitrogen and oxygen atoms in total. The van der Waals surface area contributed by atoms with Crippen LogP contribution in [-0.2, 0) is 10.0 Å². The van der Waals surface area contributed by atoms with Crippen LogP contribution < -0.4 is 10.0 Å². The van der Waals surface area contributed by atoms with Gasteiger partial charge in [0.2, 0.25) is 10.0 Å². The average Bonchev–Trinajstić information content (AvgIpc) is 2.96. The lowest BCUT2D eigenvalue weighted by atomic mass is 9.95. The van der Waals surface area contributed by atoms with Crippen molar-refractivity contribution in [1.82, 2.24) is 10.0 Å². The Balaban J connectivity index is 2.22. The first-order chi connectivity index (χ1) is 10.3. The summed E-state index contributed by atoms with van der Waals surface area (Å²) in [6.45, 7) is 11.4. The van der Waals surface area contributed by atoms with E-state index >= 15 is 0 Å². The fourth-order valence-electron chi connectivity index (χ4n) is 3.31. The highest BCUT2D eigenvalue weighted by molar-refractivity contribution is 7.89. The number of rotatable bonds is 5.